The molecule has 0 bridgehead atoms. The van der Waals surface area contributed by atoms with E-state index in [-0.39, 0.29) is 29.1 Å². The molecule has 0 saturated carbocycles. The maximum Gasteiger partial charge on any atom is 0.337 e. The van der Waals surface area contributed by atoms with Crippen LogP contribution in [0.1, 0.15) is 39.9 Å². The Kier molecular flexibility index (Phi) is 3.53. The summed E-state index contributed by atoms with van der Waals surface area (Å²) in [5.41, 5.74) is 1.94. The lowest BCUT2D eigenvalue weighted by atomic mass is 9.75. The molecule has 25 heavy (non-hydrogen) atoms. The number of fused-ring (bicyclic) bond motifs is 3. The second-order valence-corrected chi connectivity index (χ2v) is 6.37. The molecule has 1 aliphatic heterocycles. The first-order valence-electron chi connectivity index (χ1n) is 8.10. The van der Waals surface area contributed by atoms with Crippen molar-refractivity contribution in [1.82, 2.24) is 0 Å². The Morgan fingerprint density at radius 2 is 1.96 bits per heavy atom. The maximum absolute atomic E-state index is 11.7. The van der Waals surface area contributed by atoms with Gasteiger partial charge in [0.15, 0.2) is 0 Å². The van der Waals surface area contributed by atoms with Gasteiger partial charge in [0.25, 0.3) is 5.69 Å². The third kappa shape index (κ3) is 2.38. The minimum atomic E-state index is -1.09. The first-order chi connectivity index (χ1) is 12.1. The second-order valence-electron chi connectivity index (χ2n) is 6.37. The Labute approximate surface area is 144 Å². The maximum atomic E-state index is 11.7. The molecule has 0 radical (unpaired) electrons. The number of allylic oxidation sites excluding steroid dienone is 2. The number of hydrogen-bond donors (Lipinski definition) is 2. The van der Waals surface area contributed by atoms with E-state index in [1.807, 2.05) is 42.5 Å². The van der Waals surface area contributed by atoms with Gasteiger partial charge >= 0.3 is 5.97 Å². The van der Waals surface area contributed by atoms with Gasteiger partial charge in [0.05, 0.1) is 27.8 Å². The molecule has 2 aromatic rings. The van der Waals surface area contributed by atoms with Crippen molar-refractivity contribution in [3.8, 4) is 0 Å². The number of nitro groups is 1. The third-order valence-electron chi connectivity index (χ3n) is 5.08. The number of nitro benzene ring substituents is 1. The van der Waals surface area contributed by atoms with E-state index in [1.165, 1.54) is 12.1 Å². The van der Waals surface area contributed by atoms with Crippen molar-refractivity contribution in [1.29, 1.82) is 0 Å². The van der Waals surface area contributed by atoms with E-state index in [4.69, 9.17) is 0 Å². The summed E-state index contributed by atoms with van der Waals surface area (Å²) in [5.74, 6) is -1.13. The highest BCUT2D eigenvalue weighted by Gasteiger charge is 2.43. The fourth-order valence-corrected chi connectivity index (χ4v) is 4.02. The topological polar surface area (TPSA) is 92.5 Å². The molecule has 1 aliphatic carbocycles. The lowest BCUT2D eigenvalue weighted by Crippen LogP contribution is -2.30. The number of nitrogens with one attached hydrogen (secondary N) is 1. The van der Waals surface area contributed by atoms with Crippen LogP contribution in [-0.2, 0) is 0 Å². The Morgan fingerprint density at radius 1 is 1.20 bits per heavy atom. The standard InChI is InChI=1S/C19H16N2O4/c22-19(23)14-9-10-15(21(24)25)16-12-7-4-8-13(12)17(20-18(14)16)11-5-2-1-3-6-11/h1-7,9-10,12-13,17,20H,8H2,(H,22,23)/t12-,13+,17-/m1/s1. The zero-order valence-electron chi connectivity index (χ0n) is 13.3. The molecule has 0 unspecified atom stereocenters. The molecule has 0 fully saturated rings. The van der Waals surface area contributed by atoms with Gasteiger partial charge in [0.1, 0.15) is 0 Å². The summed E-state index contributed by atoms with van der Waals surface area (Å²) in [6.45, 7) is 0. The Bertz CT molecular complexity index is 892. The average molecular weight is 336 g/mol. The van der Waals surface area contributed by atoms with Crippen LogP contribution >= 0.6 is 0 Å². The molecule has 2 aromatic carbocycles. The Hall–Kier alpha value is -3.15. The lowest BCUT2D eigenvalue weighted by molar-refractivity contribution is -0.385. The van der Waals surface area contributed by atoms with Crippen LogP contribution in [0.4, 0.5) is 11.4 Å². The van der Waals surface area contributed by atoms with Gasteiger partial charge in [0.2, 0.25) is 0 Å². The van der Waals surface area contributed by atoms with E-state index in [2.05, 4.69) is 5.32 Å². The van der Waals surface area contributed by atoms with Gasteiger partial charge in [-0.1, -0.05) is 42.5 Å². The number of rotatable bonds is 3. The molecule has 0 amide bonds. The van der Waals surface area contributed by atoms with E-state index in [1.54, 1.807) is 0 Å². The number of anilines is 1. The van der Waals surface area contributed by atoms with Crippen LogP contribution in [-0.4, -0.2) is 16.0 Å². The van der Waals surface area contributed by atoms with Crippen molar-refractivity contribution in [2.75, 3.05) is 5.32 Å². The second kappa shape index (κ2) is 5.73. The SMILES string of the molecule is O=C(O)c1ccc([N+](=O)[O-])c2c1N[C@H](c1ccccc1)[C@H]1CC=C[C@@H]21. The molecular formula is C19H16N2O4. The largest absolute Gasteiger partial charge is 0.478 e. The van der Waals surface area contributed by atoms with Crippen LogP contribution in [0.15, 0.2) is 54.6 Å². The zero-order valence-corrected chi connectivity index (χ0v) is 13.3. The highest BCUT2D eigenvalue weighted by Crippen LogP contribution is 2.53. The number of nitrogens with zero attached hydrogens (tertiary/aromatic N) is 1. The zero-order chi connectivity index (χ0) is 17.6. The summed E-state index contributed by atoms with van der Waals surface area (Å²) in [6, 6.07) is 12.3. The van der Waals surface area contributed by atoms with Gasteiger partial charge in [-0.2, -0.15) is 0 Å². The molecule has 6 nitrogen and oxygen atoms in total. The van der Waals surface area contributed by atoms with Gasteiger partial charge in [-0.05, 0) is 24.0 Å². The molecule has 2 N–H and O–H groups in total. The van der Waals surface area contributed by atoms with Crippen LogP contribution in [0.5, 0.6) is 0 Å². The minimum Gasteiger partial charge on any atom is -0.478 e. The lowest BCUT2D eigenvalue weighted by Gasteiger charge is -2.37. The smallest absolute Gasteiger partial charge is 0.337 e. The molecule has 2 aliphatic rings. The van der Waals surface area contributed by atoms with Gasteiger partial charge in [0, 0.05) is 12.0 Å². The van der Waals surface area contributed by atoms with Crippen LogP contribution in [0.2, 0.25) is 0 Å². The van der Waals surface area contributed by atoms with Crippen LogP contribution < -0.4 is 5.32 Å². The van der Waals surface area contributed by atoms with Crippen molar-refractivity contribution in [3.63, 3.8) is 0 Å². The molecule has 0 spiro atoms. The summed E-state index contributed by atoms with van der Waals surface area (Å²) >= 11 is 0. The first-order valence-corrected chi connectivity index (χ1v) is 8.10. The van der Waals surface area contributed by atoms with E-state index in [0.717, 1.165) is 12.0 Å². The van der Waals surface area contributed by atoms with E-state index >= 15 is 0 Å². The van der Waals surface area contributed by atoms with Gasteiger partial charge in [-0.25, -0.2) is 4.79 Å². The van der Waals surface area contributed by atoms with Crippen LogP contribution in [0, 0.1) is 16.0 Å². The predicted molar refractivity (Wildman–Crippen MR) is 92.8 cm³/mol. The number of carboxylic acids is 1. The number of benzene rings is 2. The average Bonchev–Trinajstić information content (AvgIpc) is 3.10. The summed E-state index contributed by atoms with van der Waals surface area (Å²) in [6.07, 6.45) is 4.79. The molecule has 4 rings (SSSR count). The monoisotopic (exact) mass is 336 g/mol. The van der Waals surface area contributed by atoms with E-state index in [0.29, 0.717) is 11.3 Å². The summed E-state index contributed by atoms with van der Waals surface area (Å²) in [7, 11) is 0. The van der Waals surface area contributed by atoms with Crippen molar-refractivity contribution in [3.05, 3.63) is 81.4 Å². The van der Waals surface area contributed by atoms with E-state index in [9.17, 15) is 20.0 Å². The molecule has 0 saturated heterocycles. The Morgan fingerprint density at radius 3 is 2.64 bits per heavy atom. The quantitative estimate of drug-likeness (QED) is 0.500. The number of carboxylic acid groups (broad SMARTS) is 1. The first kappa shape index (κ1) is 15.4. The molecule has 6 heteroatoms. The van der Waals surface area contributed by atoms with Crippen molar-refractivity contribution in [2.45, 2.75) is 18.4 Å². The number of carbonyl (C=O) groups is 1. The predicted octanol–water partition coefficient (Wildman–Crippen LogP) is 4.12. The molecular weight excluding hydrogens is 320 g/mol. The van der Waals surface area contributed by atoms with Gasteiger partial charge in [-0.3, -0.25) is 10.1 Å². The normalized spacial score (nSPS) is 23.4. The fourth-order valence-electron chi connectivity index (χ4n) is 4.02. The van der Waals surface area contributed by atoms with Crippen LogP contribution in [0.3, 0.4) is 0 Å². The third-order valence-corrected chi connectivity index (χ3v) is 5.08. The van der Waals surface area contributed by atoms with Gasteiger partial charge in [-0.15, -0.1) is 0 Å². The van der Waals surface area contributed by atoms with Crippen LogP contribution in [0.25, 0.3) is 0 Å². The Balaban J connectivity index is 1.93. The molecule has 0 aromatic heterocycles. The molecule has 126 valence electrons. The van der Waals surface area contributed by atoms with E-state index < -0.39 is 10.9 Å². The molecule has 1 heterocycles. The summed E-state index contributed by atoms with van der Waals surface area (Å²) in [4.78, 5) is 22.7. The van der Waals surface area contributed by atoms with Gasteiger partial charge < -0.3 is 10.4 Å². The highest BCUT2D eigenvalue weighted by molar-refractivity contribution is 5.97. The number of aromatic carboxylic acids is 1. The van der Waals surface area contributed by atoms with Crippen molar-refractivity contribution in [2.24, 2.45) is 5.92 Å². The molecule has 3 atom stereocenters. The summed E-state index contributed by atoms with van der Waals surface area (Å²) in [5, 5.41) is 24.3. The summed E-state index contributed by atoms with van der Waals surface area (Å²) < 4.78 is 0. The van der Waals surface area contributed by atoms with Crippen molar-refractivity contribution >= 4 is 17.3 Å². The fraction of sp³-hybridized carbons (Fsp3) is 0.211. The highest BCUT2D eigenvalue weighted by atomic mass is 16.6. The minimum absolute atomic E-state index is 0.0273. The van der Waals surface area contributed by atoms with Crippen molar-refractivity contribution < 1.29 is 14.8 Å². The number of hydrogen-bond acceptors (Lipinski definition) is 4.